The highest BCUT2D eigenvalue weighted by Crippen LogP contribution is 2.10. The van der Waals surface area contributed by atoms with Crippen LogP contribution in [0.1, 0.15) is 45.6 Å². The molecule has 200 valence electrons. The molecule has 0 saturated carbocycles. The molecule has 36 heavy (non-hydrogen) atoms. The number of carbonyl (C=O) groups excluding carboxylic acids is 3. The number of rotatable bonds is 15. The molecular formula is C24H39N7O5. The summed E-state index contributed by atoms with van der Waals surface area (Å²) in [6, 6.07) is 4.98. The minimum absolute atomic E-state index is 0.107. The third-order valence-electron chi connectivity index (χ3n) is 5.68. The second-order valence-corrected chi connectivity index (χ2v) is 8.76. The van der Waals surface area contributed by atoms with Gasteiger partial charge in [0.25, 0.3) is 0 Å². The maximum Gasteiger partial charge on any atom is 0.326 e. The summed E-state index contributed by atoms with van der Waals surface area (Å²) in [6.07, 6.45) is 1.17. The molecule has 0 aliphatic heterocycles. The number of amides is 3. The van der Waals surface area contributed by atoms with Gasteiger partial charge in [0.2, 0.25) is 17.7 Å². The number of carboxylic acids is 1. The van der Waals surface area contributed by atoms with E-state index in [2.05, 4.69) is 20.9 Å². The number of carboxylic acid groups (broad SMARTS) is 1. The Hall–Kier alpha value is -3.67. The van der Waals surface area contributed by atoms with Crippen molar-refractivity contribution in [2.75, 3.05) is 6.54 Å². The van der Waals surface area contributed by atoms with E-state index in [9.17, 15) is 24.3 Å². The molecule has 0 aliphatic rings. The van der Waals surface area contributed by atoms with E-state index in [0.717, 1.165) is 5.56 Å². The number of aliphatic imine (C=N–C) groups is 1. The standard InChI is InChI=1S/C24H39N7O5/c1-4-14(2)19(23(35)36)31-21(33)17(11-8-12-28-24(26)27)29-22(34)18(30-20(32)15(3)25)13-16-9-6-5-7-10-16/h5-7,9-10,14-15,17-19H,4,8,11-13,25H2,1-3H3,(H,29,34)(H,30,32)(H,31,33)(H,35,36)(H4,26,27,28). The Labute approximate surface area is 211 Å². The lowest BCUT2D eigenvalue weighted by molar-refractivity contribution is -0.144. The van der Waals surface area contributed by atoms with E-state index in [-0.39, 0.29) is 31.3 Å². The Morgan fingerprint density at radius 2 is 1.53 bits per heavy atom. The van der Waals surface area contributed by atoms with Gasteiger partial charge in [0.05, 0.1) is 6.04 Å². The van der Waals surface area contributed by atoms with Crippen LogP contribution in [-0.4, -0.2) is 65.5 Å². The van der Waals surface area contributed by atoms with Crippen molar-refractivity contribution in [1.29, 1.82) is 0 Å². The van der Waals surface area contributed by atoms with Gasteiger partial charge in [0.15, 0.2) is 5.96 Å². The quantitative estimate of drug-likeness (QED) is 0.0908. The van der Waals surface area contributed by atoms with Crippen LogP contribution < -0.4 is 33.2 Å². The van der Waals surface area contributed by atoms with E-state index in [1.165, 1.54) is 6.92 Å². The lowest BCUT2D eigenvalue weighted by Crippen LogP contribution is -2.58. The van der Waals surface area contributed by atoms with Crippen molar-refractivity contribution in [3.8, 4) is 0 Å². The Balaban J connectivity index is 3.12. The molecule has 0 bridgehead atoms. The van der Waals surface area contributed by atoms with Gasteiger partial charge in [0.1, 0.15) is 18.1 Å². The Kier molecular flexibility index (Phi) is 12.9. The molecular weight excluding hydrogens is 466 g/mol. The molecule has 5 unspecified atom stereocenters. The molecule has 12 nitrogen and oxygen atoms in total. The van der Waals surface area contributed by atoms with E-state index in [0.29, 0.717) is 12.8 Å². The van der Waals surface area contributed by atoms with Gasteiger partial charge in [-0.3, -0.25) is 19.4 Å². The van der Waals surface area contributed by atoms with E-state index in [1.54, 1.807) is 31.2 Å². The summed E-state index contributed by atoms with van der Waals surface area (Å²) in [4.78, 5) is 54.2. The van der Waals surface area contributed by atoms with Crippen LogP contribution in [0.15, 0.2) is 35.3 Å². The highest BCUT2D eigenvalue weighted by molar-refractivity contribution is 5.94. The lowest BCUT2D eigenvalue weighted by Gasteiger charge is -2.26. The smallest absolute Gasteiger partial charge is 0.326 e. The third-order valence-corrected chi connectivity index (χ3v) is 5.68. The number of aliphatic carboxylic acids is 1. The number of carbonyl (C=O) groups is 4. The first-order chi connectivity index (χ1) is 17.0. The number of nitrogens with one attached hydrogen (secondary N) is 3. The number of nitrogens with two attached hydrogens (primary N) is 3. The van der Waals surface area contributed by atoms with Crippen molar-refractivity contribution < 1.29 is 24.3 Å². The van der Waals surface area contributed by atoms with Crippen LogP contribution in [0.2, 0.25) is 0 Å². The van der Waals surface area contributed by atoms with Crippen molar-refractivity contribution in [1.82, 2.24) is 16.0 Å². The average molecular weight is 506 g/mol. The normalized spacial score (nSPS) is 14.9. The van der Waals surface area contributed by atoms with Crippen LogP contribution in [0.5, 0.6) is 0 Å². The molecule has 0 heterocycles. The van der Waals surface area contributed by atoms with Crippen LogP contribution in [0, 0.1) is 5.92 Å². The van der Waals surface area contributed by atoms with Gasteiger partial charge in [-0.15, -0.1) is 0 Å². The summed E-state index contributed by atoms with van der Waals surface area (Å²) >= 11 is 0. The van der Waals surface area contributed by atoms with Gasteiger partial charge in [-0.1, -0.05) is 50.6 Å². The van der Waals surface area contributed by atoms with E-state index in [1.807, 2.05) is 13.0 Å². The SMILES string of the molecule is CCC(C)C(NC(=O)C(CCCN=C(N)N)NC(=O)C(Cc1ccccc1)NC(=O)C(C)N)C(=O)O. The molecule has 10 N–H and O–H groups in total. The largest absolute Gasteiger partial charge is 0.480 e. The monoisotopic (exact) mass is 505 g/mol. The minimum Gasteiger partial charge on any atom is -0.480 e. The van der Waals surface area contributed by atoms with Crippen LogP contribution in [0.3, 0.4) is 0 Å². The minimum atomic E-state index is -1.17. The van der Waals surface area contributed by atoms with Crippen molar-refractivity contribution in [2.24, 2.45) is 28.1 Å². The van der Waals surface area contributed by atoms with E-state index in [4.69, 9.17) is 17.2 Å². The first-order valence-electron chi connectivity index (χ1n) is 11.9. The molecule has 5 atom stereocenters. The average Bonchev–Trinajstić information content (AvgIpc) is 2.83. The molecule has 0 aliphatic carbocycles. The molecule has 0 fully saturated rings. The van der Waals surface area contributed by atoms with Crippen molar-refractivity contribution in [3.63, 3.8) is 0 Å². The van der Waals surface area contributed by atoms with Crippen LogP contribution in [-0.2, 0) is 25.6 Å². The third kappa shape index (κ3) is 10.7. The Morgan fingerprint density at radius 1 is 0.944 bits per heavy atom. The summed E-state index contributed by atoms with van der Waals surface area (Å²) in [6.45, 7) is 5.24. The molecule has 0 aromatic heterocycles. The summed E-state index contributed by atoms with van der Waals surface area (Å²) in [5.74, 6) is -3.40. The highest BCUT2D eigenvalue weighted by Gasteiger charge is 2.31. The number of hydrogen-bond acceptors (Lipinski definition) is 6. The fourth-order valence-corrected chi connectivity index (χ4v) is 3.34. The van der Waals surface area contributed by atoms with Crippen LogP contribution in [0.25, 0.3) is 0 Å². The molecule has 0 radical (unpaired) electrons. The molecule has 3 amide bonds. The number of guanidine groups is 1. The van der Waals surface area contributed by atoms with E-state index >= 15 is 0 Å². The zero-order valence-corrected chi connectivity index (χ0v) is 21.1. The molecule has 1 aromatic carbocycles. The maximum absolute atomic E-state index is 13.2. The van der Waals surface area contributed by atoms with Gasteiger partial charge in [-0.25, -0.2) is 4.79 Å². The maximum atomic E-state index is 13.2. The fourth-order valence-electron chi connectivity index (χ4n) is 3.34. The van der Waals surface area contributed by atoms with Gasteiger partial charge in [-0.2, -0.15) is 0 Å². The number of hydrogen-bond donors (Lipinski definition) is 7. The summed E-state index contributed by atoms with van der Waals surface area (Å²) < 4.78 is 0. The van der Waals surface area contributed by atoms with Crippen molar-refractivity contribution >= 4 is 29.7 Å². The Bertz CT molecular complexity index is 903. The topological polar surface area (TPSA) is 215 Å². The van der Waals surface area contributed by atoms with Crippen LogP contribution >= 0.6 is 0 Å². The number of benzene rings is 1. The predicted molar refractivity (Wildman–Crippen MR) is 137 cm³/mol. The van der Waals surface area contributed by atoms with Gasteiger partial charge >= 0.3 is 5.97 Å². The predicted octanol–water partition coefficient (Wildman–Crippen LogP) is -0.785. The molecule has 12 heteroatoms. The van der Waals surface area contributed by atoms with Gasteiger partial charge < -0.3 is 38.3 Å². The fraction of sp³-hybridized carbons (Fsp3) is 0.542. The summed E-state index contributed by atoms with van der Waals surface area (Å²) in [5.41, 5.74) is 17.1. The van der Waals surface area contributed by atoms with Crippen LogP contribution in [0.4, 0.5) is 0 Å². The molecule has 1 rings (SSSR count). The second kappa shape index (κ2) is 15.4. The van der Waals surface area contributed by atoms with Crippen molar-refractivity contribution in [2.45, 2.75) is 70.6 Å². The summed E-state index contributed by atoms with van der Waals surface area (Å²) in [5, 5.41) is 17.4. The van der Waals surface area contributed by atoms with Gasteiger partial charge in [0, 0.05) is 13.0 Å². The zero-order valence-electron chi connectivity index (χ0n) is 21.1. The first kappa shape index (κ1) is 30.4. The molecule has 0 saturated heterocycles. The highest BCUT2D eigenvalue weighted by atomic mass is 16.4. The molecule has 1 aromatic rings. The van der Waals surface area contributed by atoms with Crippen molar-refractivity contribution in [3.05, 3.63) is 35.9 Å². The molecule has 0 spiro atoms. The zero-order chi connectivity index (χ0) is 27.3. The second-order valence-electron chi connectivity index (χ2n) is 8.76. The summed E-state index contributed by atoms with van der Waals surface area (Å²) in [7, 11) is 0. The lowest BCUT2D eigenvalue weighted by atomic mass is 9.98. The van der Waals surface area contributed by atoms with E-state index < -0.39 is 47.9 Å². The van der Waals surface area contributed by atoms with Gasteiger partial charge in [-0.05, 0) is 31.2 Å². The first-order valence-corrected chi connectivity index (χ1v) is 11.9. The number of nitrogens with zero attached hydrogens (tertiary/aromatic N) is 1. The Morgan fingerprint density at radius 3 is 2.06 bits per heavy atom.